The molecule has 8 rings (SSSR count). The second-order valence-electron chi connectivity index (χ2n) is 24.6. The van der Waals surface area contributed by atoms with E-state index in [1.165, 1.54) is 24.3 Å². The van der Waals surface area contributed by atoms with Crippen molar-refractivity contribution >= 4 is 70.2 Å². The van der Waals surface area contributed by atoms with Crippen molar-refractivity contribution in [2.24, 2.45) is 16.6 Å². The van der Waals surface area contributed by atoms with Crippen molar-refractivity contribution in [2.45, 2.75) is 76.8 Å². The van der Waals surface area contributed by atoms with Gasteiger partial charge in [0.1, 0.15) is 0 Å². The highest BCUT2D eigenvalue weighted by Crippen LogP contribution is 2.49. The van der Waals surface area contributed by atoms with Crippen molar-refractivity contribution in [1.29, 1.82) is 0 Å². The fraction of sp³-hybridized carbons (Fsp3) is 0.448. The van der Waals surface area contributed by atoms with E-state index >= 15 is 0 Å². The lowest BCUT2D eigenvalue weighted by Gasteiger charge is -2.34. The SMILES string of the molecule is CC(C)(CN)C[N+](C)(C)C.CC(C)(CNC(=O)c1ccc(Nc2nc(NC3(c4ccc(Cl)cc4)CC3)nc(OCC(F)(F)F)n2)cc1)C[N+](C)(C)C.O=C(O)c1ccc(Nc2nc(NC3(c4ccc(Cl)cc4)CC3)nc(OCC(F)(F)F)n2)cc1. The van der Waals surface area contributed by atoms with Crippen molar-refractivity contribution < 1.29 is 59.5 Å². The number of alkyl halides is 6. The molecule has 1 amide bonds. The number of carbonyl (C=O) groups excluding carboxylic acids is 1. The lowest BCUT2D eigenvalue weighted by Crippen LogP contribution is -2.47. The first-order valence-corrected chi connectivity index (χ1v) is 27.7. The van der Waals surface area contributed by atoms with Gasteiger partial charge in [0.05, 0.1) is 72.0 Å². The first kappa shape index (κ1) is 66.8. The summed E-state index contributed by atoms with van der Waals surface area (Å²) in [4.78, 5) is 48.3. The first-order chi connectivity index (χ1) is 39.4. The van der Waals surface area contributed by atoms with Crippen molar-refractivity contribution in [3.05, 3.63) is 129 Å². The number of carboxylic acid groups (broad SMARTS) is 1. The van der Waals surface area contributed by atoms with Crippen molar-refractivity contribution in [1.82, 2.24) is 35.2 Å². The molecule has 0 saturated heterocycles. The third kappa shape index (κ3) is 22.6. The van der Waals surface area contributed by atoms with Crippen LogP contribution in [-0.4, -0.2) is 150 Å². The molecule has 2 aliphatic rings. The van der Waals surface area contributed by atoms with Gasteiger partial charge in [-0.1, -0.05) is 75.2 Å². The Morgan fingerprint density at radius 2 is 0.906 bits per heavy atom. The van der Waals surface area contributed by atoms with Gasteiger partial charge in [-0.15, -0.1) is 0 Å². The molecule has 85 heavy (non-hydrogen) atoms. The maximum atomic E-state index is 12.8. The Bertz CT molecular complexity index is 3190. The molecule has 4 aromatic carbocycles. The van der Waals surface area contributed by atoms with E-state index in [-0.39, 0.29) is 46.1 Å². The van der Waals surface area contributed by atoms with E-state index in [1.54, 1.807) is 48.5 Å². The molecule has 0 radical (unpaired) electrons. The van der Waals surface area contributed by atoms with Crippen LogP contribution in [0.3, 0.4) is 0 Å². The summed E-state index contributed by atoms with van der Waals surface area (Å²) in [5.41, 5.74) is 8.21. The van der Waals surface area contributed by atoms with Crippen LogP contribution in [0.25, 0.3) is 0 Å². The number of carbonyl (C=O) groups is 2. The molecule has 2 saturated carbocycles. The monoisotopic (exact) mass is 1230 g/mol. The van der Waals surface area contributed by atoms with Crippen LogP contribution in [0.5, 0.6) is 12.0 Å². The van der Waals surface area contributed by atoms with Crippen molar-refractivity contribution in [2.75, 3.05) is 103 Å². The molecule has 8 N–H and O–H groups in total. The quantitative estimate of drug-likeness (QED) is 0.0233. The minimum Gasteiger partial charge on any atom is -0.478 e. The minimum absolute atomic E-state index is 0.0177. The summed E-state index contributed by atoms with van der Waals surface area (Å²) >= 11 is 12.0. The summed E-state index contributed by atoms with van der Waals surface area (Å²) in [6.07, 6.45) is -6.06. The van der Waals surface area contributed by atoms with Crippen molar-refractivity contribution in [3.63, 3.8) is 0 Å². The molecular formula is C58H74Cl2F6N14O5+2. The van der Waals surface area contributed by atoms with Gasteiger partial charge in [-0.3, -0.25) is 4.79 Å². The van der Waals surface area contributed by atoms with Crippen LogP contribution in [0.4, 0.5) is 61.5 Å². The molecule has 2 heterocycles. The fourth-order valence-corrected chi connectivity index (χ4v) is 9.57. The fourth-order valence-electron chi connectivity index (χ4n) is 9.32. The van der Waals surface area contributed by atoms with Crippen LogP contribution in [0.1, 0.15) is 85.2 Å². The predicted molar refractivity (Wildman–Crippen MR) is 316 cm³/mol. The van der Waals surface area contributed by atoms with Crippen molar-refractivity contribution in [3.8, 4) is 12.0 Å². The Kier molecular flexibility index (Phi) is 21.2. The molecule has 2 aromatic heterocycles. The number of aromatic carboxylic acids is 1. The molecule has 0 spiro atoms. The van der Waals surface area contributed by atoms with Crippen LogP contribution >= 0.6 is 23.2 Å². The summed E-state index contributed by atoms with van der Waals surface area (Å²) in [6.45, 7) is 8.80. The minimum atomic E-state index is -4.57. The summed E-state index contributed by atoms with van der Waals surface area (Å²) < 4.78 is 87.8. The third-order valence-electron chi connectivity index (χ3n) is 12.8. The highest BCUT2D eigenvalue weighted by molar-refractivity contribution is 6.30. The number of nitrogens with zero attached hydrogens (tertiary/aromatic N) is 8. The van der Waals surface area contributed by atoms with E-state index in [9.17, 15) is 35.9 Å². The van der Waals surface area contributed by atoms with E-state index in [0.717, 1.165) is 65.4 Å². The number of hydrogen-bond donors (Lipinski definition) is 7. The molecule has 2 aliphatic carbocycles. The number of anilines is 6. The van der Waals surface area contributed by atoms with Crippen LogP contribution in [-0.2, 0) is 11.1 Å². The number of rotatable bonds is 23. The third-order valence-corrected chi connectivity index (χ3v) is 13.3. The number of hydrogen-bond acceptors (Lipinski definition) is 15. The normalized spacial score (nSPS) is 14.5. The van der Waals surface area contributed by atoms with Gasteiger partial charge in [0.2, 0.25) is 23.8 Å². The number of aromatic nitrogens is 6. The Morgan fingerprint density at radius 3 is 1.22 bits per heavy atom. The maximum Gasteiger partial charge on any atom is 0.422 e. The number of benzene rings is 4. The molecule has 6 aromatic rings. The average Bonchev–Trinajstić information content (AvgIpc) is 1.97. The van der Waals surface area contributed by atoms with Gasteiger partial charge in [-0.2, -0.15) is 56.2 Å². The van der Waals surface area contributed by atoms with Gasteiger partial charge in [0.15, 0.2) is 13.2 Å². The summed E-state index contributed by atoms with van der Waals surface area (Å²) in [6, 6.07) is 25.8. The molecule has 0 aliphatic heterocycles. The molecule has 2 fully saturated rings. The summed E-state index contributed by atoms with van der Waals surface area (Å²) in [5.74, 6) is -1.30. The maximum absolute atomic E-state index is 12.8. The molecular weight excluding hydrogens is 1160 g/mol. The Balaban J connectivity index is 0.000000239. The highest BCUT2D eigenvalue weighted by atomic mass is 35.5. The van der Waals surface area contributed by atoms with Crippen LogP contribution in [0.2, 0.25) is 10.0 Å². The van der Waals surface area contributed by atoms with Gasteiger partial charge in [0, 0.05) is 50.9 Å². The highest BCUT2D eigenvalue weighted by Gasteiger charge is 2.46. The molecule has 0 bridgehead atoms. The van der Waals surface area contributed by atoms with Gasteiger partial charge >= 0.3 is 30.3 Å². The van der Waals surface area contributed by atoms with Gasteiger partial charge in [-0.25, -0.2) is 4.79 Å². The number of quaternary nitrogens is 2. The zero-order valence-electron chi connectivity index (χ0n) is 49.1. The van der Waals surface area contributed by atoms with E-state index in [1.807, 2.05) is 24.3 Å². The predicted octanol–water partition coefficient (Wildman–Crippen LogP) is 11.5. The summed E-state index contributed by atoms with van der Waals surface area (Å²) in [5, 5.41) is 25.4. The first-order valence-electron chi connectivity index (χ1n) is 27.0. The van der Waals surface area contributed by atoms with Gasteiger partial charge < -0.3 is 55.9 Å². The second-order valence-corrected chi connectivity index (χ2v) is 25.5. The lowest BCUT2D eigenvalue weighted by molar-refractivity contribution is -0.876. The van der Waals surface area contributed by atoms with Crippen LogP contribution in [0, 0.1) is 10.8 Å². The number of carboxylic acids is 1. The second kappa shape index (κ2) is 26.9. The number of nitrogens with one attached hydrogen (secondary N) is 5. The molecule has 27 heteroatoms. The standard InChI is InChI=1S/C29H35ClF3N7O2.C21H17ClF3N5O3.C8H21N2/c1-27(2,17-40(3,4)5)16-34-23(41)19-6-12-22(13-7-19)35-24-36-25(38-26(37-24)42-18-29(31,32)33)39-28(14-15-28)20-8-10-21(30)11-9-20;22-14-5-3-13(4-6-14)20(9-10-20)30-18-27-17(28-19(29-18)33-11-21(23,24)25)26-15-7-1-12(2-8-15)16(31)32;1-8(2,6-9)7-10(3,4)5/h6-13H,14-18H2,1-5H3,(H2-,34,35,36,37,38,39,41);1-8H,9-11H2,(H,31,32)(H2,26,27,28,29,30);6-7,9H2,1-5H3/q;;+1/p+1. The summed E-state index contributed by atoms with van der Waals surface area (Å²) in [7, 11) is 12.9. The lowest BCUT2D eigenvalue weighted by atomic mass is 9.92. The number of halogens is 8. The van der Waals surface area contributed by atoms with E-state index in [2.05, 4.69) is 126 Å². The molecule has 460 valence electrons. The largest absolute Gasteiger partial charge is 0.478 e. The Labute approximate surface area is 500 Å². The van der Waals surface area contributed by atoms with Gasteiger partial charge in [0.25, 0.3) is 5.91 Å². The van der Waals surface area contributed by atoms with E-state index in [4.69, 9.17) is 43.5 Å². The van der Waals surface area contributed by atoms with Crippen LogP contribution < -0.4 is 41.8 Å². The topological polar surface area (TPSA) is 236 Å². The smallest absolute Gasteiger partial charge is 0.422 e. The molecule has 0 unspecified atom stereocenters. The molecule has 19 nitrogen and oxygen atoms in total. The zero-order chi connectivity index (χ0) is 62.8. The van der Waals surface area contributed by atoms with E-state index in [0.29, 0.717) is 33.5 Å². The van der Waals surface area contributed by atoms with Gasteiger partial charge in [-0.05, 0) is 110 Å². The average molecular weight is 1230 g/mol. The molecule has 0 atom stereocenters. The zero-order valence-corrected chi connectivity index (χ0v) is 50.6. The van der Waals surface area contributed by atoms with E-state index < -0.39 is 54.6 Å². The van der Waals surface area contributed by atoms with Crippen LogP contribution in [0.15, 0.2) is 97.1 Å². The number of ether oxygens (including phenoxy) is 2. The number of nitrogens with two attached hydrogens (primary N) is 1. The Morgan fingerprint density at radius 1 is 0.553 bits per heavy atom. The number of amides is 1. The Hall–Kier alpha value is -7.32.